The lowest BCUT2D eigenvalue weighted by molar-refractivity contribution is -0.129. The summed E-state index contributed by atoms with van der Waals surface area (Å²) < 4.78 is 5.13. The molecule has 1 heterocycles. The summed E-state index contributed by atoms with van der Waals surface area (Å²) in [6.45, 7) is 4.35. The van der Waals surface area contributed by atoms with Gasteiger partial charge in [0.2, 0.25) is 5.91 Å². The highest BCUT2D eigenvalue weighted by atomic mass is 127. The molecule has 2 amide bonds. The van der Waals surface area contributed by atoms with Crippen molar-refractivity contribution in [2.75, 3.05) is 40.3 Å². The molecule has 1 atom stereocenters. The van der Waals surface area contributed by atoms with E-state index in [1.807, 2.05) is 11.8 Å². The number of guanidine groups is 1. The Kier molecular flexibility index (Phi) is 10.6. The second-order valence-corrected chi connectivity index (χ2v) is 6.31. The first-order valence-corrected chi connectivity index (χ1v) is 9.24. The molecule has 0 spiro atoms. The number of nitrogens with zero attached hydrogens (tertiary/aromatic N) is 2. The highest BCUT2D eigenvalue weighted by Crippen LogP contribution is 2.12. The fraction of sp³-hybridized carbons (Fsp3) is 0.526. The van der Waals surface area contributed by atoms with E-state index in [1.165, 1.54) is 0 Å². The van der Waals surface area contributed by atoms with Crippen LogP contribution in [0.4, 0.5) is 0 Å². The Labute approximate surface area is 183 Å². The Morgan fingerprint density at radius 2 is 2.04 bits per heavy atom. The first kappa shape index (κ1) is 24.0. The molecule has 156 valence electrons. The van der Waals surface area contributed by atoms with E-state index in [1.54, 1.807) is 38.4 Å². The smallest absolute Gasteiger partial charge is 0.251 e. The molecule has 2 rings (SSSR count). The number of likely N-dealkylation sites (tertiary alicyclic amines) is 1. The number of nitrogens with one attached hydrogen (secondary N) is 3. The van der Waals surface area contributed by atoms with Gasteiger partial charge in [-0.2, -0.15) is 0 Å². The molecular formula is C19H30IN5O3. The lowest BCUT2D eigenvalue weighted by Gasteiger charge is -2.18. The third kappa shape index (κ3) is 7.17. The van der Waals surface area contributed by atoms with Gasteiger partial charge in [0.25, 0.3) is 5.91 Å². The largest absolute Gasteiger partial charge is 0.497 e. The first-order valence-electron chi connectivity index (χ1n) is 9.24. The zero-order valence-corrected chi connectivity index (χ0v) is 19.0. The molecule has 8 nitrogen and oxygen atoms in total. The molecule has 1 aliphatic heterocycles. The van der Waals surface area contributed by atoms with E-state index in [-0.39, 0.29) is 41.8 Å². The Morgan fingerprint density at radius 1 is 1.29 bits per heavy atom. The molecule has 0 radical (unpaired) electrons. The van der Waals surface area contributed by atoms with Crippen molar-refractivity contribution < 1.29 is 14.3 Å². The van der Waals surface area contributed by atoms with Gasteiger partial charge < -0.3 is 25.6 Å². The van der Waals surface area contributed by atoms with Crippen LogP contribution in [0.2, 0.25) is 0 Å². The average Bonchev–Trinajstić information content (AvgIpc) is 3.18. The van der Waals surface area contributed by atoms with E-state index in [4.69, 9.17) is 4.74 Å². The minimum absolute atomic E-state index is 0. The molecule has 9 heteroatoms. The van der Waals surface area contributed by atoms with Crippen LogP contribution in [0.3, 0.4) is 0 Å². The molecular weight excluding hydrogens is 473 g/mol. The van der Waals surface area contributed by atoms with Crippen molar-refractivity contribution in [1.29, 1.82) is 0 Å². The molecule has 0 aliphatic carbocycles. The molecule has 0 bridgehead atoms. The van der Waals surface area contributed by atoms with E-state index in [9.17, 15) is 9.59 Å². The fourth-order valence-electron chi connectivity index (χ4n) is 2.94. The van der Waals surface area contributed by atoms with Crippen LogP contribution in [0, 0.1) is 0 Å². The van der Waals surface area contributed by atoms with Crippen LogP contribution in [0.15, 0.2) is 29.3 Å². The van der Waals surface area contributed by atoms with Crippen molar-refractivity contribution in [2.45, 2.75) is 25.8 Å². The molecule has 1 aliphatic rings. The van der Waals surface area contributed by atoms with E-state index < -0.39 is 0 Å². The maximum atomic E-state index is 12.2. The summed E-state index contributed by atoms with van der Waals surface area (Å²) in [7, 11) is 3.27. The summed E-state index contributed by atoms with van der Waals surface area (Å²) in [4.78, 5) is 30.0. The number of hydrogen-bond donors (Lipinski definition) is 3. The summed E-state index contributed by atoms with van der Waals surface area (Å²) in [6.07, 6.45) is 1.44. The van der Waals surface area contributed by atoms with Gasteiger partial charge in [0.1, 0.15) is 5.75 Å². The quantitative estimate of drug-likeness (QED) is 0.225. The van der Waals surface area contributed by atoms with Gasteiger partial charge in [0, 0.05) is 51.3 Å². The predicted octanol–water partition coefficient (Wildman–Crippen LogP) is 1.22. The van der Waals surface area contributed by atoms with Crippen LogP contribution in [0.25, 0.3) is 0 Å². The van der Waals surface area contributed by atoms with E-state index in [0.29, 0.717) is 43.3 Å². The Bertz CT molecular complexity index is 683. The van der Waals surface area contributed by atoms with Crippen molar-refractivity contribution in [2.24, 2.45) is 4.99 Å². The molecule has 1 fully saturated rings. The second kappa shape index (κ2) is 12.4. The fourth-order valence-corrected chi connectivity index (χ4v) is 2.94. The molecule has 28 heavy (non-hydrogen) atoms. The summed E-state index contributed by atoms with van der Waals surface area (Å²) in [5, 5.41) is 9.37. The summed E-state index contributed by atoms with van der Waals surface area (Å²) >= 11 is 0. The molecule has 1 saturated heterocycles. The number of amides is 2. The Balaban J connectivity index is 0.00000392. The van der Waals surface area contributed by atoms with Gasteiger partial charge in [-0.3, -0.25) is 14.6 Å². The third-order valence-corrected chi connectivity index (χ3v) is 4.44. The lowest BCUT2D eigenvalue weighted by atomic mass is 10.2. The number of hydrogen-bond acceptors (Lipinski definition) is 4. The Hall–Kier alpha value is -2.04. The molecule has 0 saturated carbocycles. The highest BCUT2D eigenvalue weighted by molar-refractivity contribution is 14.0. The van der Waals surface area contributed by atoms with Crippen LogP contribution in [0.1, 0.15) is 30.1 Å². The maximum Gasteiger partial charge on any atom is 0.251 e. The van der Waals surface area contributed by atoms with Gasteiger partial charge in [-0.1, -0.05) is 13.0 Å². The number of aliphatic imine (C=N–C) groups is 1. The Morgan fingerprint density at radius 3 is 2.71 bits per heavy atom. The highest BCUT2D eigenvalue weighted by Gasteiger charge is 2.25. The standard InChI is InChI=1S/C19H29N5O3.HI/c1-4-17(25)24-11-8-15(13-24)23-19(20-2)22-10-9-21-18(26)14-6-5-7-16(12-14)27-3;/h5-7,12,15H,4,8-11,13H2,1-3H3,(H,21,26)(H2,20,22,23);1H. The SMILES string of the molecule is CCC(=O)N1CCC(NC(=NC)NCCNC(=O)c2cccc(OC)c2)C1.I. The lowest BCUT2D eigenvalue weighted by Crippen LogP contribution is -2.46. The van der Waals surface area contributed by atoms with E-state index in [2.05, 4.69) is 20.9 Å². The van der Waals surface area contributed by atoms with Crippen LogP contribution < -0.4 is 20.7 Å². The van der Waals surface area contributed by atoms with Gasteiger partial charge in [-0.25, -0.2) is 0 Å². The summed E-state index contributed by atoms with van der Waals surface area (Å²) in [5.41, 5.74) is 0.559. The monoisotopic (exact) mass is 503 g/mol. The van der Waals surface area contributed by atoms with Gasteiger partial charge in [0.15, 0.2) is 5.96 Å². The topological polar surface area (TPSA) is 95.1 Å². The molecule has 0 aromatic heterocycles. The van der Waals surface area contributed by atoms with Crippen molar-refractivity contribution in [3.8, 4) is 5.75 Å². The number of carbonyl (C=O) groups excluding carboxylic acids is 2. The normalized spacial score (nSPS) is 16.2. The summed E-state index contributed by atoms with van der Waals surface area (Å²) in [5.74, 6) is 1.35. The van der Waals surface area contributed by atoms with Crippen molar-refractivity contribution >= 4 is 41.8 Å². The third-order valence-electron chi connectivity index (χ3n) is 4.44. The van der Waals surface area contributed by atoms with Gasteiger partial charge in [-0.05, 0) is 24.6 Å². The minimum atomic E-state index is -0.150. The number of ether oxygens (including phenoxy) is 1. The number of carbonyl (C=O) groups is 2. The number of methoxy groups -OCH3 is 1. The van der Waals surface area contributed by atoms with E-state index in [0.717, 1.165) is 13.0 Å². The van der Waals surface area contributed by atoms with Crippen LogP contribution >= 0.6 is 24.0 Å². The number of rotatable bonds is 7. The van der Waals surface area contributed by atoms with E-state index >= 15 is 0 Å². The minimum Gasteiger partial charge on any atom is -0.497 e. The van der Waals surface area contributed by atoms with Crippen molar-refractivity contribution in [3.05, 3.63) is 29.8 Å². The number of halogens is 1. The van der Waals surface area contributed by atoms with Crippen molar-refractivity contribution in [1.82, 2.24) is 20.9 Å². The molecule has 1 unspecified atom stereocenters. The predicted molar refractivity (Wildman–Crippen MR) is 121 cm³/mol. The van der Waals surface area contributed by atoms with Gasteiger partial charge >= 0.3 is 0 Å². The first-order chi connectivity index (χ1) is 13.1. The number of benzene rings is 1. The maximum absolute atomic E-state index is 12.2. The molecule has 1 aromatic carbocycles. The molecule has 3 N–H and O–H groups in total. The zero-order chi connectivity index (χ0) is 19.6. The van der Waals surface area contributed by atoms with Crippen LogP contribution in [0.5, 0.6) is 5.75 Å². The summed E-state index contributed by atoms with van der Waals surface area (Å²) in [6, 6.07) is 7.22. The van der Waals surface area contributed by atoms with Crippen LogP contribution in [-0.2, 0) is 4.79 Å². The zero-order valence-electron chi connectivity index (χ0n) is 16.7. The average molecular weight is 503 g/mol. The van der Waals surface area contributed by atoms with Crippen molar-refractivity contribution in [3.63, 3.8) is 0 Å². The van der Waals surface area contributed by atoms with Crippen LogP contribution in [-0.4, -0.2) is 69.1 Å². The van der Waals surface area contributed by atoms with Gasteiger partial charge in [-0.15, -0.1) is 24.0 Å². The second-order valence-electron chi connectivity index (χ2n) is 6.31. The van der Waals surface area contributed by atoms with Gasteiger partial charge in [0.05, 0.1) is 7.11 Å². The molecule has 1 aromatic rings.